The van der Waals surface area contributed by atoms with Gasteiger partial charge in [-0.25, -0.2) is 9.59 Å². The van der Waals surface area contributed by atoms with Crippen molar-refractivity contribution in [2.24, 2.45) is 0 Å². The monoisotopic (exact) mass is 388 g/mol. The molecule has 28 heavy (non-hydrogen) atoms. The van der Waals surface area contributed by atoms with Gasteiger partial charge in [-0.3, -0.25) is 14.5 Å². The van der Waals surface area contributed by atoms with Gasteiger partial charge in [0.15, 0.2) is 0 Å². The van der Waals surface area contributed by atoms with Gasteiger partial charge in [0.25, 0.3) is 5.91 Å². The fraction of sp³-hybridized carbons (Fsp3) is 0.474. The molecule has 5 amide bonds. The Kier molecular flexibility index (Phi) is 5.53. The first-order chi connectivity index (χ1) is 13.4. The summed E-state index contributed by atoms with van der Waals surface area (Å²) in [5.41, 5.74) is -0.535. The summed E-state index contributed by atoms with van der Waals surface area (Å²) in [6.45, 7) is 4.70. The van der Waals surface area contributed by atoms with Crippen LogP contribution in [0.3, 0.4) is 0 Å². The van der Waals surface area contributed by atoms with Crippen molar-refractivity contribution in [3.05, 3.63) is 35.9 Å². The highest BCUT2D eigenvalue weighted by molar-refractivity contribution is 6.09. The molecule has 1 N–H and O–H groups in total. The van der Waals surface area contributed by atoms with E-state index < -0.39 is 23.6 Å². The van der Waals surface area contributed by atoms with Crippen molar-refractivity contribution >= 4 is 23.9 Å². The molecule has 1 unspecified atom stereocenters. The Morgan fingerprint density at radius 2 is 1.68 bits per heavy atom. The second kappa shape index (κ2) is 7.87. The van der Waals surface area contributed by atoms with Crippen LogP contribution in [0.2, 0.25) is 0 Å². The molecule has 150 valence electrons. The molecular weight excluding hydrogens is 364 g/mol. The summed E-state index contributed by atoms with van der Waals surface area (Å²) in [4.78, 5) is 53.6. The van der Waals surface area contributed by atoms with Crippen LogP contribution in [0.25, 0.3) is 0 Å². The Hall–Kier alpha value is -3.10. The predicted octanol–water partition coefficient (Wildman–Crippen LogP) is 0.754. The number of amides is 5. The lowest BCUT2D eigenvalue weighted by Gasteiger charge is -2.34. The number of imide groups is 1. The smallest absolute Gasteiger partial charge is 0.409 e. The average Bonchev–Trinajstić information content (AvgIpc) is 2.93. The quantitative estimate of drug-likeness (QED) is 0.768. The zero-order valence-electron chi connectivity index (χ0n) is 16.0. The van der Waals surface area contributed by atoms with Crippen LogP contribution in [0.4, 0.5) is 9.59 Å². The fourth-order valence-electron chi connectivity index (χ4n) is 3.40. The maximum Gasteiger partial charge on any atom is 0.409 e. The fourth-order valence-corrected chi connectivity index (χ4v) is 3.40. The molecule has 1 atom stereocenters. The van der Waals surface area contributed by atoms with Gasteiger partial charge in [-0.1, -0.05) is 30.3 Å². The Morgan fingerprint density at radius 1 is 1.07 bits per heavy atom. The van der Waals surface area contributed by atoms with Crippen molar-refractivity contribution in [3.63, 3.8) is 0 Å². The first kappa shape index (κ1) is 19.7. The molecule has 0 bridgehead atoms. The number of hydrogen-bond donors (Lipinski definition) is 1. The van der Waals surface area contributed by atoms with Crippen molar-refractivity contribution in [1.82, 2.24) is 20.0 Å². The maximum atomic E-state index is 12.9. The molecule has 2 aliphatic heterocycles. The molecule has 1 aromatic rings. The van der Waals surface area contributed by atoms with E-state index in [4.69, 9.17) is 4.74 Å². The van der Waals surface area contributed by atoms with E-state index in [1.165, 1.54) is 4.90 Å². The summed E-state index contributed by atoms with van der Waals surface area (Å²) in [6, 6.07) is 8.34. The van der Waals surface area contributed by atoms with Gasteiger partial charge in [-0.15, -0.1) is 0 Å². The van der Waals surface area contributed by atoms with Crippen molar-refractivity contribution in [1.29, 1.82) is 0 Å². The molecule has 2 aliphatic rings. The minimum atomic E-state index is -1.19. The number of nitrogens with zero attached hydrogens (tertiary/aromatic N) is 3. The molecule has 2 heterocycles. The van der Waals surface area contributed by atoms with E-state index in [1.807, 2.05) is 6.07 Å². The third kappa shape index (κ3) is 3.64. The number of ether oxygens (including phenoxy) is 1. The summed E-state index contributed by atoms with van der Waals surface area (Å²) in [6.07, 6.45) is -0.401. The van der Waals surface area contributed by atoms with Gasteiger partial charge >= 0.3 is 12.1 Å². The van der Waals surface area contributed by atoms with Crippen molar-refractivity contribution < 1.29 is 23.9 Å². The van der Waals surface area contributed by atoms with Crippen LogP contribution < -0.4 is 5.32 Å². The summed E-state index contributed by atoms with van der Waals surface area (Å²) in [7, 11) is 0. The number of hydrogen-bond acceptors (Lipinski definition) is 5. The first-order valence-electron chi connectivity index (χ1n) is 9.26. The molecule has 0 radical (unpaired) electrons. The van der Waals surface area contributed by atoms with E-state index in [0.717, 1.165) is 4.90 Å². The zero-order valence-corrected chi connectivity index (χ0v) is 16.0. The van der Waals surface area contributed by atoms with Gasteiger partial charge in [0.2, 0.25) is 5.91 Å². The maximum absolute atomic E-state index is 12.9. The molecule has 0 aliphatic carbocycles. The van der Waals surface area contributed by atoms with E-state index >= 15 is 0 Å². The number of carbonyl (C=O) groups excluding carboxylic acids is 4. The van der Waals surface area contributed by atoms with Gasteiger partial charge in [0, 0.05) is 26.2 Å². The van der Waals surface area contributed by atoms with Gasteiger partial charge in [0.05, 0.1) is 6.61 Å². The van der Waals surface area contributed by atoms with Gasteiger partial charge < -0.3 is 19.9 Å². The van der Waals surface area contributed by atoms with Crippen molar-refractivity contribution in [2.75, 3.05) is 39.3 Å². The van der Waals surface area contributed by atoms with E-state index in [2.05, 4.69) is 5.32 Å². The minimum absolute atomic E-state index is 0.296. The number of benzene rings is 1. The number of rotatable bonds is 4. The summed E-state index contributed by atoms with van der Waals surface area (Å²) in [5, 5.41) is 2.69. The van der Waals surface area contributed by atoms with Crippen molar-refractivity contribution in [3.8, 4) is 0 Å². The molecule has 0 spiro atoms. The topological polar surface area (TPSA) is 99.3 Å². The Morgan fingerprint density at radius 3 is 2.29 bits per heavy atom. The third-order valence-corrected chi connectivity index (χ3v) is 5.08. The highest BCUT2D eigenvalue weighted by atomic mass is 16.6. The molecular formula is C19H24N4O5. The second-order valence-electron chi connectivity index (χ2n) is 6.88. The minimum Gasteiger partial charge on any atom is -0.450 e. The van der Waals surface area contributed by atoms with Gasteiger partial charge in [-0.05, 0) is 19.4 Å². The second-order valence-corrected chi connectivity index (χ2v) is 6.88. The van der Waals surface area contributed by atoms with Crippen LogP contribution in [0.1, 0.15) is 19.4 Å². The Bertz CT molecular complexity index is 776. The normalized spacial score (nSPS) is 22.3. The molecule has 3 rings (SSSR count). The van der Waals surface area contributed by atoms with Crippen LogP contribution in [-0.4, -0.2) is 78.0 Å². The molecule has 9 nitrogen and oxygen atoms in total. The highest BCUT2D eigenvalue weighted by Gasteiger charge is 2.49. The van der Waals surface area contributed by atoms with Crippen LogP contribution >= 0.6 is 0 Å². The lowest BCUT2D eigenvalue weighted by Crippen LogP contribution is -2.53. The molecule has 2 saturated heterocycles. The van der Waals surface area contributed by atoms with Crippen LogP contribution in [0, 0.1) is 0 Å². The highest BCUT2D eigenvalue weighted by Crippen LogP contribution is 2.28. The largest absolute Gasteiger partial charge is 0.450 e. The van der Waals surface area contributed by atoms with Crippen LogP contribution in [-0.2, 0) is 19.9 Å². The summed E-state index contributed by atoms with van der Waals surface area (Å²) < 4.78 is 4.96. The van der Waals surface area contributed by atoms with E-state index in [0.29, 0.717) is 38.3 Å². The SMILES string of the molecule is CCOC(=O)N1CCN(C(=O)CN2C(=O)NC(C)(c3ccccc3)C2=O)CC1. The number of urea groups is 1. The molecule has 2 fully saturated rings. The number of nitrogens with one attached hydrogen (secondary N) is 1. The van der Waals surface area contributed by atoms with Gasteiger partial charge in [0.1, 0.15) is 12.1 Å². The number of piperazine rings is 1. The van der Waals surface area contributed by atoms with E-state index in [-0.39, 0.29) is 12.5 Å². The van der Waals surface area contributed by atoms with Gasteiger partial charge in [-0.2, -0.15) is 0 Å². The molecule has 1 aromatic carbocycles. The van der Waals surface area contributed by atoms with Crippen molar-refractivity contribution in [2.45, 2.75) is 19.4 Å². The van der Waals surface area contributed by atoms with Crippen LogP contribution in [0.5, 0.6) is 0 Å². The first-order valence-corrected chi connectivity index (χ1v) is 9.26. The predicted molar refractivity (Wildman–Crippen MR) is 99.2 cm³/mol. The molecule has 0 aromatic heterocycles. The number of carbonyl (C=O) groups is 4. The lowest BCUT2D eigenvalue weighted by molar-refractivity contribution is -0.139. The standard InChI is InChI=1S/C19H24N4O5/c1-3-28-18(27)22-11-9-21(10-12-22)15(24)13-23-16(25)19(2,20-17(23)26)14-7-5-4-6-8-14/h4-8H,3,9-13H2,1-2H3,(H,20,26). The zero-order chi connectivity index (χ0) is 20.3. The molecule has 9 heteroatoms. The van der Waals surface area contributed by atoms with E-state index in [9.17, 15) is 19.2 Å². The Balaban J connectivity index is 1.61. The Labute approximate surface area is 163 Å². The summed E-state index contributed by atoms with van der Waals surface area (Å²) in [5.74, 6) is -0.786. The molecule has 0 saturated carbocycles. The summed E-state index contributed by atoms with van der Waals surface area (Å²) >= 11 is 0. The van der Waals surface area contributed by atoms with Crippen LogP contribution in [0.15, 0.2) is 30.3 Å². The van der Waals surface area contributed by atoms with E-state index in [1.54, 1.807) is 43.0 Å². The lowest BCUT2D eigenvalue weighted by atomic mass is 9.92. The average molecular weight is 388 g/mol. The third-order valence-electron chi connectivity index (χ3n) is 5.08.